The van der Waals surface area contributed by atoms with E-state index in [1.165, 1.54) is 0 Å². The van der Waals surface area contributed by atoms with Crippen molar-refractivity contribution < 1.29 is 18.7 Å². The molecule has 4 rings (SSSR count). The van der Waals surface area contributed by atoms with Crippen molar-refractivity contribution in [1.82, 2.24) is 4.98 Å². The fourth-order valence-corrected chi connectivity index (χ4v) is 3.49. The van der Waals surface area contributed by atoms with Gasteiger partial charge in [0.25, 0.3) is 0 Å². The number of anilines is 2. The molecule has 2 heterocycles. The van der Waals surface area contributed by atoms with Crippen LogP contribution in [-0.4, -0.2) is 30.5 Å². The highest BCUT2D eigenvalue weighted by Crippen LogP contribution is 2.33. The van der Waals surface area contributed by atoms with Gasteiger partial charge in [-0.2, -0.15) is 0 Å². The maximum atomic E-state index is 12.4. The van der Waals surface area contributed by atoms with Gasteiger partial charge in [0.2, 0.25) is 11.8 Å². The van der Waals surface area contributed by atoms with E-state index < -0.39 is 0 Å². The smallest absolute Gasteiger partial charge is 0.227 e. The fraction of sp³-hybridized carbons (Fsp3) is 0.261. The van der Waals surface area contributed by atoms with E-state index in [0.29, 0.717) is 42.5 Å². The molecule has 7 nitrogen and oxygen atoms in total. The Hall–Kier alpha value is -3.61. The lowest BCUT2D eigenvalue weighted by Gasteiger charge is -2.19. The summed E-state index contributed by atoms with van der Waals surface area (Å²) in [5.74, 6) is 1.70. The molecule has 0 bridgehead atoms. The van der Waals surface area contributed by atoms with Crippen LogP contribution in [0.3, 0.4) is 0 Å². The van der Waals surface area contributed by atoms with Crippen LogP contribution >= 0.6 is 0 Å². The van der Waals surface area contributed by atoms with Crippen LogP contribution in [0, 0.1) is 0 Å². The summed E-state index contributed by atoms with van der Waals surface area (Å²) < 4.78 is 11.2. The highest BCUT2D eigenvalue weighted by Gasteiger charge is 2.24. The van der Waals surface area contributed by atoms with Gasteiger partial charge in [-0.15, -0.1) is 0 Å². The lowest BCUT2D eigenvalue weighted by molar-refractivity contribution is -0.117. The summed E-state index contributed by atoms with van der Waals surface area (Å²) in [5, 5.41) is 2.86. The van der Waals surface area contributed by atoms with E-state index in [-0.39, 0.29) is 18.2 Å². The van der Waals surface area contributed by atoms with Crippen LogP contribution in [0.15, 0.2) is 59.1 Å². The Labute approximate surface area is 174 Å². The first-order chi connectivity index (χ1) is 14.6. The largest absolute Gasteiger partial charge is 0.494 e. The number of amides is 2. The predicted octanol–water partition coefficient (Wildman–Crippen LogP) is 4.05. The van der Waals surface area contributed by atoms with Crippen LogP contribution in [0.1, 0.15) is 25.2 Å². The number of carbonyl (C=O) groups is 2. The molecule has 3 aromatic rings. The summed E-state index contributed by atoms with van der Waals surface area (Å²) in [7, 11) is 1.55. The molecule has 1 aliphatic heterocycles. The molecule has 1 fully saturated rings. The number of rotatable bonds is 7. The minimum absolute atomic E-state index is 0.0888. The molecule has 154 valence electrons. The lowest BCUT2D eigenvalue weighted by Crippen LogP contribution is -2.24. The molecule has 2 aromatic carbocycles. The fourth-order valence-electron chi connectivity index (χ4n) is 3.49. The lowest BCUT2D eigenvalue weighted by atomic mass is 10.2. The molecule has 0 unspecified atom stereocenters. The van der Waals surface area contributed by atoms with Gasteiger partial charge < -0.3 is 19.4 Å². The topological polar surface area (TPSA) is 84.7 Å². The van der Waals surface area contributed by atoms with Gasteiger partial charge in [-0.1, -0.05) is 30.3 Å². The summed E-state index contributed by atoms with van der Waals surface area (Å²) in [5.41, 5.74) is 2.29. The third-order valence-corrected chi connectivity index (χ3v) is 5.01. The minimum atomic E-state index is -0.151. The summed E-state index contributed by atoms with van der Waals surface area (Å²) in [6, 6.07) is 15.0. The minimum Gasteiger partial charge on any atom is -0.494 e. The second-order valence-corrected chi connectivity index (χ2v) is 7.07. The van der Waals surface area contributed by atoms with Crippen molar-refractivity contribution in [1.29, 1.82) is 0 Å². The summed E-state index contributed by atoms with van der Waals surface area (Å²) in [6.07, 6.45) is 3.70. The molecular formula is C23H23N3O4. The number of hydrogen-bond acceptors (Lipinski definition) is 5. The number of nitrogens with zero attached hydrogens (tertiary/aromatic N) is 2. The molecular weight excluding hydrogens is 382 g/mol. The average molecular weight is 405 g/mol. The molecule has 1 saturated heterocycles. The second kappa shape index (κ2) is 8.82. The summed E-state index contributed by atoms with van der Waals surface area (Å²) >= 11 is 0. The first kappa shape index (κ1) is 19.7. The maximum absolute atomic E-state index is 12.4. The van der Waals surface area contributed by atoms with Crippen molar-refractivity contribution in [3.63, 3.8) is 0 Å². The summed E-state index contributed by atoms with van der Waals surface area (Å²) in [6.45, 7) is 0.683. The molecule has 0 radical (unpaired) electrons. The number of hydrogen-bond donors (Lipinski definition) is 1. The Morgan fingerprint density at radius 2 is 2.07 bits per heavy atom. The molecule has 30 heavy (non-hydrogen) atoms. The van der Waals surface area contributed by atoms with Gasteiger partial charge in [0.1, 0.15) is 5.75 Å². The van der Waals surface area contributed by atoms with Crippen molar-refractivity contribution >= 4 is 23.2 Å². The number of ether oxygens (including phenoxy) is 1. The second-order valence-electron chi connectivity index (χ2n) is 7.07. The van der Waals surface area contributed by atoms with Crippen molar-refractivity contribution in [2.24, 2.45) is 0 Å². The van der Waals surface area contributed by atoms with Gasteiger partial charge in [-0.25, -0.2) is 4.98 Å². The maximum Gasteiger partial charge on any atom is 0.227 e. The van der Waals surface area contributed by atoms with Crippen molar-refractivity contribution in [3.8, 4) is 17.1 Å². The van der Waals surface area contributed by atoms with Crippen molar-refractivity contribution in [2.45, 2.75) is 25.7 Å². The van der Waals surface area contributed by atoms with Crippen molar-refractivity contribution in [2.75, 3.05) is 23.9 Å². The number of benzene rings is 2. The molecule has 7 heteroatoms. The third-order valence-electron chi connectivity index (χ3n) is 5.01. The number of carbonyl (C=O) groups excluding carboxylic acids is 2. The van der Waals surface area contributed by atoms with E-state index in [1.807, 2.05) is 30.3 Å². The normalized spacial score (nSPS) is 13.5. The predicted molar refractivity (Wildman–Crippen MR) is 113 cm³/mol. The average Bonchev–Trinajstić information content (AvgIpc) is 3.42. The Morgan fingerprint density at radius 3 is 2.80 bits per heavy atom. The van der Waals surface area contributed by atoms with Gasteiger partial charge in [-0.05, 0) is 18.6 Å². The van der Waals surface area contributed by atoms with E-state index in [9.17, 15) is 9.59 Å². The number of methoxy groups -OCH3 is 1. The molecule has 0 aliphatic carbocycles. The monoisotopic (exact) mass is 405 g/mol. The van der Waals surface area contributed by atoms with Crippen LogP contribution in [0.2, 0.25) is 0 Å². The molecule has 1 aromatic heterocycles. The van der Waals surface area contributed by atoms with Gasteiger partial charge >= 0.3 is 0 Å². The summed E-state index contributed by atoms with van der Waals surface area (Å²) in [4.78, 5) is 30.4. The number of aromatic nitrogens is 1. The Kier molecular flexibility index (Phi) is 5.79. The Bertz CT molecular complexity index is 1050. The molecule has 1 aliphatic rings. The molecule has 0 saturated carbocycles. The van der Waals surface area contributed by atoms with E-state index >= 15 is 0 Å². The van der Waals surface area contributed by atoms with Gasteiger partial charge in [0, 0.05) is 43.1 Å². The van der Waals surface area contributed by atoms with Crippen molar-refractivity contribution in [3.05, 3.63) is 60.6 Å². The van der Waals surface area contributed by atoms with Crippen LogP contribution in [0.4, 0.5) is 11.4 Å². The van der Waals surface area contributed by atoms with E-state index in [4.69, 9.17) is 9.15 Å². The Balaban J connectivity index is 1.36. The van der Waals surface area contributed by atoms with Gasteiger partial charge in [0.05, 0.1) is 19.0 Å². The van der Waals surface area contributed by atoms with Gasteiger partial charge in [-0.3, -0.25) is 9.59 Å². The van der Waals surface area contributed by atoms with Crippen LogP contribution in [-0.2, 0) is 16.0 Å². The first-order valence-corrected chi connectivity index (χ1v) is 9.92. The zero-order chi connectivity index (χ0) is 20.9. The zero-order valence-corrected chi connectivity index (χ0v) is 16.8. The van der Waals surface area contributed by atoms with Crippen LogP contribution < -0.4 is 15.0 Å². The number of nitrogens with one attached hydrogen (secondary N) is 1. The van der Waals surface area contributed by atoms with E-state index in [0.717, 1.165) is 17.7 Å². The zero-order valence-electron chi connectivity index (χ0n) is 16.8. The van der Waals surface area contributed by atoms with Crippen LogP contribution in [0.25, 0.3) is 11.3 Å². The number of oxazole rings is 1. The molecule has 0 spiro atoms. The van der Waals surface area contributed by atoms with Crippen LogP contribution in [0.5, 0.6) is 5.75 Å². The number of aryl methyl sites for hydroxylation is 1. The third kappa shape index (κ3) is 4.35. The SMILES string of the molecule is COc1cc(NC(=O)CCc2ncc(-c3ccccc3)o2)ccc1N1CCCC1=O. The highest BCUT2D eigenvalue weighted by molar-refractivity contribution is 5.98. The molecule has 2 amide bonds. The standard InChI is InChI=1S/C23H23N3O4/c1-29-19-14-17(9-10-18(19)26-13-5-8-23(26)28)25-21(27)11-12-22-24-15-20(30-22)16-6-3-2-4-7-16/h2-4,6-7,9-10,14-15H,5,8,11-13H2,1H3,(H,25,27). The first-order valence-electron chi connectivity index (χ1n) is 9.92. The Morgan fingerprint density at radius 1 is 1.23 bits per heavy atom. The highest BCUT2D eigenvalue weighted by atomic mass is 16.5. The quantitative estimate of drug-likeness (QED) is 0.641. The van der Waals surface area contributed by atoms with Gasteiger partial charge in [0.15, 0.2) is 11.7 Å². The molecule has 0 atom stereocenters. The van der Waals surface area contributed by atoms with E-state index in [2.05, 4.69) is 10.3 Å². The van der Waals surface area contributed by atoms with E-state index in [1.54, 1.807) is 36.4 Å². The molecule has 1 N–H and O–H groups in total.